The highest BCUT2D eigenvalue weighted by Gasteiger charge is 2.43. The lowest BCUT2D eigenvalue weighted by atomic mass is 9.76. The summed E-state index contributed by atoms with van der Waals surface area (Å²) in [6, 6.07) is 41.3. The number of benzene rings is 4. The molecule has 0 bridgehead atoms. The van der Waals surface area contributed by atoms with Gasteiger partial charge in [-0.05, 0) is 35.6 Å². The highest BCUT2D eigenvalue weighted by Crippen LogP contribution is 2.44. The van der Waals surface area contributed by atoms with Gasteiger partial charge in [-0.3, -0.25) is 0 Å². The maximum Gasteiger partial charge on any atom is 0.143 e. The van der Waals surface area contributed by atoms with Crippen molar-refractivity contribution in [1.82, 2.24) is 0 Å². The van der Waals surface area contributed by atoms with E-state index in [-0.39, 0.29) is 6.61 Å². The molecule has 0 radical (unpaired) electrons. The lowest BCUT2D eigenvalue weighted by molar-refractivity contribution is -0.108. The maximum atomic E-state index is 10.6. The third-order valence-electron chi connectivity index (χ3n) is 7.71. The van der Waals surface area contributed by atoms with E-state index in [9.17, 15) is 5.11 Å². The molecule has 0 fully saturated rings. The molecule has 1 N–H and O–H groups in total. The molecule has 0 saturated carbocycles. The van der Waals surface area contributed by atoms with Crippen molar-refractivity contribution < 1.29 is 14.6 Å². The highest BCUT2D eigenvalue weighted by atomic mass is 16.5. The molecule has 0 aliphatic carbocycles. The Hall–Kier alpha value is -3.50. The average molecular weight is 521 g/mol. The molecule has 4 aromatic rings. The van der Waals surface area contributed by atoms with Crippen molar-refractivity contribution in [2.75, 3.05) is 13.2 Å². The number of hydrogen-bond acceptors (Lipinski definition) is 3. The van der Waals surface area contributed by atoms with Gasteiger partial charge in [0, 0.05) is 5.41 Å². The predicted molar refractivity (Wildman–Crippen MR) is 159 cm³/mol. The van der Waals surface area contributed by atoms with Gasteiger partial charge in [0.25, 0.3) is 0 Å². The van der Waals surface area contributed by atoms with Crippen LogP contribution in [0.4, 0.5) is 0 Å². The summed E-state index contributed by atoms with van der Waals surface area (Å²) >= 11 is 0. The van der Waals surface area contributed by atoms with Crippen LogP contribution in [-0.2, 0) is 21.7 Å². The largest absolute Gasteiger partial charge is 0.394 e. The molecule has 0 aliphatic heterocycles. The van der Waals surface area contributed by atoms with E-state index in [4.69, 9.17) is 9.47 Å². The van der Waals surface area contributed by atoms with Crippen LogP contribution >= 0.6 is 0 Å². The van der Waals surface area contributed by atoms with E-state index in [1.54, 1.807) is 0 Å². The highest BCUT2D eigenvalue weighted by molar-refractivity contribution is 5.47. The van der Waals surface area contributed by atoms with E-state index >= 15 is 0 Å². The first-order chi connectivity index (χ1) is 19.0. The first-order valence-corrected chi connectivity index (χ1v) is 13.8. The molecule has 0 saturated heterocycles. The van der Waals surface area contributed by atoms with Crippen molar-refractivity contribution in [1.29, 1.82) is 0 Å². The maximum absolute atomic E-state index is 10.6. The minimum atomic E-state index is -0.850. The molecule has 3 nitrogen and oxygen atoms in total. The first-order valence-electron chi connectivity index (χ1n) is 13.8. The van der Waals surface area contributed by atoms with Crippen molar-refractivity contribution >= 4 is 0 Å². The SMILES string of the molecule is CC/C=C(\C)[C@](C)(COC(c1ccccc1)(c1ccccc1)c1ccccc1)[C@H](CO)OCc1ccccc1. The van der Waals surface area contributed by atoms with E-state index in [0.717, 1.165) is 34.2 Å². The Morgan fingerprint density at radius 1 is 0.744 bits per heavy atom. The second-order valence-corrected chi connectivity index (χ2v) is 10.2. The van der Waals surface area contributed by atoms with Crippen LogP contribution in [0.2, 0.25) is 0 Å². The molecule has 0 spiro atoms. The summed E-state index contributed by atoms with van der Waals surface area (Å²) in [5.41, 5.74) is 3.93. The summed E-state index contributed by atoms with van der Waals surface area (Å²) < 4.78 is 13.6. The Labute approximate surface area is 233 Å². The van der Waals surface area contributed by atoms with Gasteiger partial charge < -0.3 is 14.6 Å². The quantitative estimate of drug-likeness (QED) is 0.144. The number of aliphatic hydroxyl groups is 1. The van der Waals surface area contributed by atoms with E-state index in [2.05, 4.69) is 99.6 Å². The van der Waals surface area contributed by atoms with Crippen LogP contribution in [0.25, 0.3) is 0 Å². The van der Waals surface area contributed by atoms with Gasteiger partial charge in [-0.25, -0.2) is 0 Å². The minimum absolute atomic E-state index is 0.114. The molecule has 4 aromatic carbocycles. The van der Waals surface area contributed by atoms with Gasteiger partial charge in [0.2, 0.25) is 0 Å². The normalized spacial score (nSPS) is 14.5. The van der Waals surface area contributed by atoms with Crippen molar-refractivity contribution in [2.45, 2.75) is 45.5 Å². The van der Waals surface area contributed by atoms with Gasteiger partial charge in [0.1, 0.15) is 5.60 Å². The zero-order valence-corrected chi connectivity index (χ0v) is 23.3. The zero-order chi connectivity index (χ0) is 27.6. The van der Waals surface area contributed by atoms with Gasteiger partial charge in [-0.1, -0.05) is 147 Å². The Morgan fingerprint density at radius 2 is 1.18 bits per heavy atom. The van der Waals surface area contributed by atoms with E-state index in [0.29, 0.717) is 13.2 Å². The van der Waals surface area contributed by atoms with E-state index in [1.165, 1.54) is 0 Å². The number of allylic oxidation sites excluding steroid dienone is 1. The molecule has 0 heterocycles. The van der Waals surface area contributed by atoms with Crippen molar-refractivity contribution in [3.05, 3.63) is 155 Å². The van der Waals surface area contributed by atoms with Crippen molar-refractivity contribution in [3.63, 3.8) is 0 Å². The number of hydrogen-bond donors (Lipinski definition) is 1. The zero-order valence-electron chi connectivity index (χ0n) is 23.3. The molecular weight excluding hydrogens is 480 g/mol. The molecular formula is C36H40O3. The first kappa shape index (κ1) is 28.5. The van der Waals surface area contributed by atoms with E-state index < -0.39 is 17.1 Å². The van der Waals surface area contributed by atoms with Gasteiger partial charge in [0.15, 0.2) is 0 Å². The summed E-state index contributed by atoms with van der Waals surface area (Å²) in [4.78, 5) is 0. The molecule has 4 rings (SSSR count). The van der Waals surface area contributed by atoms with Gasteiger partial charge in [-0.15, -0.1) is 0 Å². The lowest BCUT2D eigenvalue weighted by Gasteiger charge is -2.43. The fourth-order valence-corrected chi connectivity index (χ4v) is 5.24. The molecule has 0 aliphatic rings. The molecule has 0 unspecified atom stereocenters. The molecule has 39 heavy (non-hydrogen) atoms. The Morgan fingerprint density at radius 3 is 1.59 bits per heavy atom. The standard InChI is InChI=1S/C36H40O3/c1-4-17-29(2)35(3,34(26-37)38-27-30-18-9-5-10-19-30)28-39-36(31-20-11-6-12-21-31,32-22-13-7-14-23-32)33-24-15-8-16-25-33/h5-25,34,37H,4,26-28H2,1-3H3/b29-17+/t34-,35-/m0/s1. The molecule has 2 atom stereocenters. The summed E-state index contributed by atoms with van der Waals surface area (Å²) in [7, 11) is 0. The Balaban J connectivity index is 1.79. The third kappa shape index (κ3) is 6.39. The minimum Gasteiger partial charge on any atom is -0.394 e. The number of rotatable bonds is 13. The lowest BCUT2D eigenvalue weighted by Crippen LogP contribution is -2.45. The molecule has 202 valence electrons. The third-order valence-corrected chi connectivity index (χ3v) is 7.71. The topological polar surface area (TPSA) is 38.7 Å². The van der Waals surface area contributed by atoms with Gasteiger partial charge in [0.05, 0.1) is 25.9 Å². The summed E-state index contributed by atoms with van der Waals surface area (Å²) in [5.74, 6) is 0. The smallest absolute Gasteiger partial charge is 0.143 e. The van der Waals surface area contributed by atoms with Crippen molar-refractivity contribution in [2.24, 2.45) is 5.41 Å². The summed E-state index contributed by atoms with van der Waals surface area (Å²) in [6.07, 6.45) is 2.65. The van der Waals surface area contributed by atoms with Gasteiger partial charge in [-0.2, -0.15) is 0 Å². The van der Waals surface area contributed by atoms with Gasteiger partial charge >= 0.3 is 0 Å². The van der Waals surface area contributed by atoms with Crippen LogP contribution in [0.15, 0.2) is 133 Å². The molecule has 3 heteroatoms. The van der Waals surface area contributed by atoms with Crippen LogP contribution in [0.3, 0.4) is 0 Å². The predicted octanol–water partition coefficient (Wildman–Crippen LogP) is 7.94. The fourth-order valence-electron chi connectivity index (χ4n) is 5.24. The number of aliphatic hydroxyl groups excluding tert-OH is 1. The molecule has 0 amide bonds. The second kappa shape index (κ2) is 13.5. The Kier molecular flexibility index (Phi) is 9.89. The van der Waals surface area contributed by atoms with Crippen molar-refractivity contribution in [3.8, 4) is 0 Å². The van der Waals surface area contributed by atoms with Crippen LogP contribution in [0, 0.1) is 5.41 Å². The monoisotopic (exact) mass is 520 g/mol. The summed E-state index contributed by atoms with van der Waals surface area (Å²) in [6.45, 7) is 7.04. The fraction of sp³-hybridized carbons (Fsp3) is 0.278. The average Bonchev–Trinajstić information content (AvgIpc) is 3.00. The van der Waals surface area contributed by atoms with Crippen LogP contribution in [-0.4, -0.2) is 24.4 Å². The summed E-state index contributed by atoms with van der Waals surface area (Å²) in [5, 5.41) is 10.6. The van der Waals surface area contributed by atoms with E-state index in [1.807, 2.05) is 48.5 Å². The van der Waals surface area contributed by atoms with Crippen LogP contribution < -0.4 is 0 Å². The second-order valence-electron chi connectivity index (χ2n) is 10.2. The number of ether oxygens (including phenoxy) is 2. The van der Waals surface area contributed by atoms with Crippen LogP contribution in [0.5, 0.6) is 0 Å². The molecule has 0 aromatic heterocycles. The van der Waals surface area contributed by atoms with Crippen LogP contribution in [0.1, 0.15) is 49.4 Å². The Bertz CT molecular complexity index is 1190.